The highest BCUT2D eigenvalue weighted by atomic mass is 16.5. The number of amides is 1. The number of rotatable bonds is 5. The van der Waals surface area contributed by atoms with E-state index in [2.05, 4.69) is 15.1 Å². The fourth-order valence-electron chi connectivity index (χ4n) is 2.04. The van der Waals surface area contributed by atoms with Crippen LogP contribution in [0.2, 0.25) is 0 Å². The second-order valence-corrected chi connectivity index (χ2v) is 4.56. The quantitative estimate of drug-likeness (QED) is 0.716. The number of ether oxygens (including phenoxy) is 2. The molecule has 1 fully saturated rings. The van der Waals surface area contributed by atoms with Crippen molar-refractivity contribution < 1.29 is 14.3 Å². The van der Waals surface area contributed by atoms with Gasteiger partial charge in [-0.3, -0.25) is 4.79 Å². The highest BCUT2D eigenvalue weighted by molar-refractivity contribution is 5.73. The van der Waals surface area contributed by atoms with Crippen molar-refractivity contribution in [1.82, 2.24) is 15.1 Å². The van der Waals surface area contributed by atoms with Crippen LogP contribution in [0.5, 0.6) is 5.88 Å². The third-order valence-electron chi connectivity index (χ3n) is 3.21. The lowest BCUT2D eigenvalue weighted by molar-refractivity contribution is -0.129. The molecule has 1 aliphatic heterocycles. The zero-order valence-corrected chi connectivity index (χ0v) is 11.9. The van der Waals surface area contributed by atoms with Crippen molar-refractivity contribution in [1.29, 1.82) is 0 Å². The molecule has 0 saturated carbocycles. The lowest BCUT2D eigenvalue weighted by atomic mass is 10.3. The minimum Gasteiger partial charge on any atom is -0.474 e. The lowest BCUT2D eigenvalue weighted by Gasteiger charge is -2.34. The predicted octanol–water partition coefficient (Wildman–Crippen LogP) is 0.170. The fourth-order valence-corrected chi connectivity index (χ4v) is 2.04. The SMILES string of the molecule is COCCOc1ccc(N2CCN(C(C)=O)CC2)nn1. The molecule has 0 unspecified atom stereocenters. The Morgan fingerprint density at radius 3 is 2.50 bits per heavy atom. The minimum absolute atomic E-state index is 0.123. The Bertz CT molecular complexity index is 430. The molecule has 1 aromatic heterocycles. The smallest absolute Gasteiger partial charge is 0.233 e. The lowest BCUT2D eigenvalue weighted by Crippen LogP contribution is -2.48. The van der Waals surface area contributed by atoms with Crippen LogP contribution in [0.25, 0.3) is 0 Å². The van der Waals surface area contributed by atoms with Crippen molar-refractivity contribution in [3.05, 3.63) is 12.1 Å². The number of hydrogen-bond acceptors (Lipinski definition) is 6. The van der Waals surface area contributed by atoms with Crippen LogP contribution in [-0.2, 0) is 9.53 Å². The Morgan fingerprint density at radius 2 is 1.95 bits per heavy atom. The fraction of sp³-hybridized carbons (Fsp3) is 0.615. The first-order chi connectivity index (χ1) is 9.70. The topological polar surface area (TPSA) is 67.8 Å². The van der Waals surface area contributed by atoms with Crippen molar-refractivity contribution in [3.63, 3.8) is 0 Å². The molecule has 0 atom stereocenters. The van der Waals surface area contributed by atoms with E-state index in [0.29, 0.717) is 19.1 Å². The van der Waals surface area contributed by atoms with E-state index in [0.717, 1.165) is 32.0 Å². The maximum Gasteiger partial charge on any atom is 0.233 e. The Labute approximate surface area is 118 Å². The van der Waals surface area contributed by atoms with Crippen LogP contribution < -0.4 is 9.64 Å². The molecule has 1 saturated heterocycles. The summed E-state index contributed by atoms with van der Waals surface area (Å²) in [6.07, 6.45) is 0. The van der Waals surface area contributed by atoms with Gasteiger partial charge in [0, 0.05) is 46.3 Å². The van der Waals surface area contributed by atoms with Crippen LogP contribution in [0.4, 0.5) is 5.82 Å². The molecular formula is C13H20N4O3. The number of carbonyl (C=O) groups excluding carboxylic acids is 1. The Hall–Kier alpha value is -1.89. The number of anilines is 1. The van der Waals surface area contributed by atoms with Gasteiger partial charge in [-0.25, -0.2) is 0 Å². The molecule has 0 aliphatic carbocycles. The van der Waals surface area contributed by atoms with Crippen LogP contribution in [0.1, 0.15) is 6.92 Å². The summed E-state index contributed by atoms with van der Waals surface area (Å²) in [6.45, 7) is 5.59. The molecule has 7 nitrogen and oxygen atoms in total. The molecule has 110 valence electrons. The summed E-state index contributed by atoms with van der Waals surface area (Å²) in [5, 5.41) is 8.19. The van der Waals surface area contributed by atoms with E-state index in [1.807, 2.05) is 11.0 Å². The largest absolute Gasteiger partial charge is 0.474 e. The number of methoxy groups -OCH3 is 1. The average molecular weight is 280 g/mol. The number of nitrogens with zero attached hydrogens (tertiary/aromatic N) is 4. The van der Waals surface area contributed by atoms with Crippen molar-refractivity contribution in [2.24, 2.45) is 0 Å². The van der Waals surface area contributed by atoms with Crippen molar-refractivity contribution >= 4 is 11.7 Å². The van der Waals surface area contributed by atoms with E-state index in [-0.39, 0.29) is 5.91 Å². The molecule has 0 N–H and O–H groups in total. The van der Waals surface area contributed by atoms with Crippen molar-refractivity contribution in [3.8, 4) is 5.88 Å². The van der Waals surface area contributed by atoms with Crippen LogP contribution in [0.15, 0.2) is 12.1 Å². The third-order valence-corrected chi connectivity index (χ3v) is 3.21. The highest BCUT2D eigenvalue weighted by Crippen LogP contribution is 2.15. The van der Waals surface area contributed by atoms with Gasteiger partial charge in [-0.1, -0.05) is 0 Å². The molecule has 0 spiro atoms. The summed E-state index contributed by atoms with van der Waals surface area (Å²) in [6, 6.07) is 3.69. The molecule has 2 rings (SSSR count). The molecular weight excluding hydrogens is 260 g/mol. The summed E-state index contributed by atoms with van der Waals surface area (Å²) in [4.78, 5) is 15.2. The Kier molecular flexibility index (Phi) is 5.11. The summed E-state index contributed by atoms with van der Waals surface area (Å²) >= 11 is 0. The van der Waals surface area contributed by atoms with Gasteiger partial charge in [-0.05, 0) is 6.07 Å². The van der Waals surface area contributed by atoms with Gasteiger partial charge in [0.15, 0.2) is 5.82 Å². The monoisotopic (exact) mass is 280 g/mol. The average Bonchev–Trinajstić information content (AvgIpc) is 2.48. The van der Waals surface area contributed by atoms with Crippen molar-refractivity contribution in [2.45, 2.75) is 6.92 Å². The molecule has 7 heteroatoms. The number of hydrogen-bond donors (Lipinski definition) is 0. The third kappa shape index (κ3) is 3.80. The number of piperazine rings is 1. The van der Waals surface area contributed by atoms with E-state index >= 15 is 0 Å². The summed E-state index contributed by atoms with van der Waals surface area (Å²) in [7, 11) is 1.62. The molecule has 20 heavy (non-hydrogen) atoms. The van der Waals surface area contributed by atoms with Gasteiger partial charge in [0.2, 0.25) is 11.8 Å². The molecule has 0 bridgehead atoms. The van der Waals surface area contributed by atoms with E-state index in [4.69, 9.17) is 9.47 Å². The van der Waals surface area contributed by atoms with Gasteiger partial charge in [0.25, 0.3) is 0 Å². The van der Waals surface area contributed by atoms with E-state index in [1.54, 1.807) is 20.1 Å². The van der Waals surface area contributed by atoms with E-state index in [9.17, 15) is 4.79 Å². The minimum atomic E-state index is 0.123. The Balaban J connectivity index is 1.86. The van der Waals surface area contributed by atoms with Gasteiger partial charge in [0.05, 0.1) is 6.61 Å². The van der Waals surface area contributed by atoms with E-state index in [1.165, 1.54) is 0 Å². The van der Waals surface area contributed by atoms with E-state index < -0.39 is 0 Å². The second kappa shape index (κ2) is 7.04. The van der Waals surface area contributed by atoms with Crippen molar-refractivity contribution in [2.75, 3.05) is 51.4 Å². The molecule has 1 aliphatic rings. The first-order valence-corrected chi connectivity index (χ1v) is 6.66. The summed E-state index contributed by atoms with van der Waals surface area (Å²) in [5.74, 6) is 1.43. The van der Waals surface area contributed by atoms with Gasteiger partial charge in [0.1, 0.15) is 6.61 Å². The van der Waals surface area contributed by atoms with Gasteiger partial charge in [-0.15, -0.1) is 10.2 Å². The highest BCUT2D eigenvalue weighted by Gasteiger charge is 2.19. The van der Waals surface area contributed by atoms with Crippen LogP contribution in [0.3, 0.4) is 0 Å². The zero-order valence-electron chi connectivity index (χ0n) is 11.9. The molecule has 0 radical (unpaired) electrons. The molecule has 0 aromatic carbocycles. The Morgan fingerprint density at radius 1 is 1.20 bits per heavy atom. The van der Waals surface area contributed by atoms with Gasteiger partial charge in [-0.2, -0.15) is 0 Å². The standard InChI is InChI=1S/C13H20N4O3/c1-11(18)16-5-7-17(8-6-16)12-3-4-13(15-14-12)20-10-9-19-2/h3-4H,5-10H2,1-2H3. The van der Waals surface area contributed by atoms with Gasteiger partial charge >= 0.3 is 0 Å². The van der Waals surface area contributed by atoms with Crippen LogP contribution in [0, 0.1) is 0 Å². The summed E-state index contributed by atoms with van der Waals surface area (Å²) in [5.41, 5.74) is 0. The normalized spacial score (nSPS) is 15.3. The summed E-state index contributed by atoms with van der Waals surface area (Å²) < 4.78 is 10.3. The second-order valence-electron chi connectivity index (χ2n) is 4.56. The maximum absolute atomic E-state index is 11.3. The molecule has 1 aromatic rings. The number of carbonyl (C=O) groups is 1. The first kappa shape index (κ1) is 14.5. The van der Waals surface area contributed by atoms with Gasteiger partial charge < -0.3 is 19.3 Å². The maximum atomic E-state index is 11.3. The first-order valence-electron chi connectivity index (χ1n) is 6.66. The molecule has 1 amide bonds. The zero-order chi connectivity index (χ0) is 14.4. The van der Waals surface area contributed by atoms with Crippen LogP contribution in [-0.4, -0.2) is 67.5 Å². The number of aromatic nitrogens is 2. The predicted molar refractivity (Wildman–Crippen MR) is 73.9 cm³/mol. The van der Waals surface area contributed by atoms with Crippen LogP contribution >= 0.6 is 0 Å². The molecule has 2 heterocycles.